The van der Waals surface area contributed by atoms with Crippen molar-refractivity contribution in [1.82, 2.24) is 0 Å². The maximum Gasteiger partial charge on any atom is 0.0446 e. The summed E-state index contributed by atoms with van der Waals surface area (Å²) in [6.45, 7) is 0. The third kappa shape index (κ3) is 4.39. The van der Waals surface area contributed by atoms with Crippen molar-refractivity contribution < 1.29 is 0 Å². The molecule has 1 rings (SSSR count). The molecule has 0 aliphatic heterocycles. The van der Waals surface area contributed by atoms with Gasteiger partial charge in [-0.3, -0.25) is 0 Å². The van der Waals surface area contributed by atoms with E-state index < -0.39 is 0 Å². The fraction of sp³-hybridized carbons (Fsp3) is 0.400. The van der Waals surface area contributed by atoms with Crippen molar-refractivity contribution in [3.05, 3.63) is 34.9 Å². The van der Waals surface area contributed by atoms with E-state index in [1.165, 1.54) is 17.7 Å². The molecule has 0 atom stereocenters. The molecule has 3 heteroatoms. The van der Waals surface area contributed by atoms with Crippen LogP contribution in [0, 0.1) is 0 Å². The topological polar surface area (TPSA) is 0 Å². The molecular weight excluding hydrogens is 268 g/mol. The number of thioether (sulfide) groups is 1. The van der Waals surface area contributed by atoms with Crippen molar-refractivity contribution in [1.29, 1.82) is 0 Å². The minimum absolute atomic E-state index is 0.883. The molecular formula is C10H12BrClS. The van der Waals surface area contributed by atoms with Gasteiger partial charge in [0.25, 0.3) is 0 Å². The second-order valence-electron chi connectivity index (χ2n) is 2.69. The van der Waals surface area contributed by atoms with Crippen molar-refractivity contribution >= 4 is 39.3 Å². The van der Waals surface area contributed by atoms with E-state index in [0.717, 1.165) is 16.1 Å². The first-order chi connectivity index (χ1) is 6.34. The van der Waals surface area contributed by atoms with Gasteiger partial charge in [-0.15, -0.1) is 0 Å². The molecule has 0 saturated carbocycles. The minimum atomic E-state index is 0.883. The van der Waals surface area contributed by atoms with Gasteiger partial charge in [-0.2, -0.15) is 11.8 Å². The molecule has 0 spiro atoms. The maximum absolute atomic E-state index is 6.01. The van der Waals surface area contributed by atoms with Crippen LogP contribution in [0.2, 0.25) is 5.02 Å². The molecule has 0 heterocycles. The third-order valence-corrected chi connectivity index (χ3v) is 3.66. The Hall–Kier alpha value is 0.340. The quantitative estimate of drug-likeness (QED) is 0.570. The highest BCUT2D eigenvalue weighted by molar-refractivity contribution is 9.09. The number of hydrogen-bond acceptors (Lipinski definition) is 1. The third-order valence-electron chi connectivity index (χ3n) is 1.64. The lowest BCUT2D eigenvalue weighted by molar-refractivity contribution is 1.13. The maximum atomic E-state index is 6.01. The van der Waals surface area contributed by atoms with Crippen LogP contribution in [-0.2, 0) is 5.75 Å². The molecule has 0 saturated heterocycles. The Morgan fingerprint density at radius 2 is 2.08 bits per heavy atom. The number of alkyl halides is 1. The van der Waals surface area contributed by atoms with Gasteiger partial charge in [0.2, 0.25) is 0 Å². The fourth-order valence-electron chi connectivity index (χ4n) is 0.954. The summed E-state index contributed by atoms with van der Waals surface area (Å²) in [4.78, 5) is 0. The Morgan fingerprint density at radius 3 is 2.77 bits per heavy atom. The summed E-state index contributed by atoms with van der Waals surface area (Å²) >= 11 is 11.4. The highest BCUT2D eigenvalue weighted by Crippen LogP contribution is 2.20. The van der Waals surface area contributed by atoms with E-state index in [-0.39, 0.29) is 0 Å². The normalized spacial score (nSPS) is 10.3. The molecule has 1 aromatic rings. The van der Waals surface area contributed by atoms with Gasteiger partial charge in [0, 0.05) is 16.1 Å². The number of benzene rings is 1. The molecule has 0 bridgehead atoms. The van der Waals surface area contributed by atoms with Gasteiger partial charge in [0.1, 0.15) is 0 Å². The lowest BCUT2D eigenvalue weighted by Crippen LogP contribution is -1.85. The molecule has 13 heavy (non-hydrogen) atoms. The summed E-state index contributed by atoms with van der Waals surface area (Å²) in [6.07, 6.45) is 1.22. The van der Waals surface area contributed by atoms with Crippen molar-refractivity contribution in [2.24, 2.45) is 0 Å². The van der Waals surface area contributed by atoms with Crippen LogP contribution < -0.4 is 0 Å². The molecule has 0 fully saturated rings. The molecule has 0 radical (unpaired) electrons. The summed E-state index contributed by atoms with van der Waals surface area (Å²) in [6, 6.07) is 8.03. The summed E-state index contributed by atoms with van der Waals surface area (Å²) in [7, 11) is 0. The second-order valence-corrected chi connectivity index (χ2v) is 4.99. The van der Waals surface area contributed by atoms with Crippen molar-refractivity contribution in [3.63, 3.8) is 0 Å². The predicted molar refractivity (Wildman–Crippen MR) is 66.0 cm³/mol. The SMILES string of the molecule is Clc1ccccc1CSCCCBr. The number of rotatable bonds is 5. The average Bonchev–Trinajstić information content (AvgIpc) is 2.15. The molecule has 0 aliphatic carbocycles. The zero-order chi connectivity index (χ0) is 9.52. The van der Waals surface area contributed by atoms with E-state index in [1.807, 2.05) is 30.0 Å². The molecule has 0 nitrogen and oxygen atoms in total. The highest BCUT2D eigenvalue weighted by atomic mass is 79.9. The van der Waals surface area contributed by atoms with Crippen LogP contribution in [-0.4, -0.2) is 11.1 Å². The van der Waals surface area contributed by atoms with Crippen LogP contribution in [0.1, 0.15) is 12.0 Å². The van der Waals surface area contributed by atoms with Crippen LogP contribution in [0.5, 0.6) is 0 Å². The van der Waals surface area contributed by atoms with E-state index in [0.29, 0.717) is 0 Å². The Balaban J connectivity index is 2.32. The van der Waals surface area contributed by atoms with Gasteiger partial charge in [0.05, 0.1) is 0 Å². The average molecular weight is 280 g/mol. The monoisotopic (exact) mass is 278 g/mol. The molecule has 0 amide bonds. The van der Waals surface area contributed by atoms with E-state index in [2.05, 4.69) is 22.0 Å². The van der Waals surface area contributed by atoms with Gasteiger partial charge in [-0.25, -0.2) is 0 Å². The van der Waals surface area contributed by atoms with Gasteiger partial charge in [-0.1, -0.05) is 45.7 Å². The smallest absolute Gasteiger partial charge is 0.0446 e. The van der Waals surface area contributed by atoms with Gasteiger partial charge in [-0.05, 0) is 23.8 Å². The molecule has 0 N–H and O–H groups in total. The van der Waals surface area contributed by atoms with Gasteiger partial charge < -0.3 is 0 Å². The lowest BCUT2D eigenvalue weighted by Gasteiger charge is -2.02. The Bertz CT molecular complexity index is 252. The van der Waals surface area contributed by atoms with E-state index in [4.69, 9.17) is 11.6 Å². The number of hydrogen-bond donors (Lipinski definition) is 0. The van der Waals surface area contributed by atoms with Crippen LogP contribution >= 0.6 is 39.3 Å². The Kier molecular flexibility index (Phi) is 5.92. The van der Waals surface area contributed by atoms with Crippen molar-refractivity contribution in [2.45, 2.75) is 12.2 Å². The number of halogens is 2. The molecule has 72 valence electrons. The summed E-state index contributed by atoms with van der Waals surface area (Å²) in [5.41, 5.74) is 1.24. The van der Waals surface area contributed by atoms with E-state index in [9.17, 15) is 0 Å². The molecule has 1 aromatic carbocycles. The lowest BCUT2D eigenvalue weighted by atomic mass is 10.2. The van der Waals surface area contributed by atoms with Crippen LogP contribution in [0.4, 0.5) is 0 Å². The Labute approximate surface area is 97.2 Å². The molecule has 0 unspecified atom stereocenters. The molecule has 0 aromatic heterocycles. The summed E-state index contributed by atoms with van der Waals surface area (Å²) < 4.78 is 0. The van der Waals surface area contributed by atoms with Crippen molar-refractivity contribution in [3.8, 4) is 0 Å². The standard InChI is InChI=1S/C10H12BrClS/c11-6-3-7-13-8-9-4-1-2-5-10(9)12/h1-2,4-5H,3,6-8H2. The van der Waals surface area contributed by atoms with Crippen LogP contribution in [0.25, 0.3) is 0 Å². The summed E-state index contributed by atoms with van der Waals surface area (Å²) in [5, 5.41) is 1.97. The first-order valence-electron chi connectivity index (χ1n) is 4.21. The first-order valence-corrected chi connectivity index (χ1v) is 6.87. The largest absolute Gasteiger partial charge is 0.157 e. The van der Waals surface area contributed by atoms with E-state index in [1.54, 1.807) is 0 Å². The van der Waals surface area contributed by atoms with E-state index >= 15 is 0 Å². The fourth-order valence-corrected chi connectivity index (χ4v) is 2.85. The highest BCUT2D eigenvalue weighted by Gasteiger charge is 1.97. The van der Waals surface area contributed by atoms with Crippen molar-refractivity contribution in [2.75, 3.05) is 11.1 Å². The van der Waals surface area contributed by atoms with Gasteiger partial charge >= 0.3 is 0 Å². The molecule has 0 aliphatic rings. The zero-order valence-corrected chi connectivity index (χ0v) is 10.5. The van der Waals surface area contributed by atoms with Crippen LogP contribution in [0.15, 0.2) is 24.3 Å². The minimum Gasteiger partial charge on any atom is -0.157 e. The second kappa shape index (κ2) is 6.74. The predicted octanol–water partition coefficient (Wildman–Crippen LogP) is 4.36. The van der Waals surface area contributed by atoms with Crippen LogP contribution in [0.3, 0.4) is 0 Å². The Morgan fingerprint density at radius 1 is 1.31 bits per heavy atom. The van der Waals surface area contributed by atoms with Gasteiger partial charge in [0.15, 0.2) is 0 Å². The first kappa shape index (κ1) is 11.4. The summed E-state index contributed by atoms with van der Waals surface area (Å²) in [5.74, 6) is 2.21. The zero-order valence-electron chi connectivity index (χ0n) is 7.30.